The lowest BCUT2D eigenvalue weighted by Crippen LogP contribution is -2.41. The molecule has 6 heteroatoms. The number of rotatable bonds is 7. The molecule has 22 heavy (non-hydrogen) atoms. The standard InChI is InChI=1S/C16H26N4O2/c1-17-16(20-14-5-3-4-6-14)19-12-13-7-8-15(18-11-13)22-10-9-21-2/h7-8,11,14H,3-6,9-10,12H2,1-2H3,(H2,17,19,20). The van der Waals surface area contributed by atoms with Gasteiger partial charge in [0, 0.05) is 39.0 Å². The van der Waals surface area contributed by atoms with Crippen LogP contribution < -0.4 is 15.4 Å². The highest BCUT2D eigenvalue weighted by molar-refractivity contribution is 5.79. The summed E-state index contributed by atoms with van der Waals surface area (Å²) in [7, 11) is 3.45. The van der Waals surface area contributed by atoms with Gasteiger partial charge in [-0.25, -0.2) is 4.98 Å². The van der Waals surface area contributed by atoms with Crippen molar-refractivity contribution in [3.05, 3.63) is 23.9 Å². The molecule has 1 aliphatic rings. The minimum absolute atomic E-state index is 0.513. The maximum Gasteiger partial charge on any atom is 0.213 e. The van der Waals surface area contributed by atoms with Gasteiger partial charge in [0.05, 0.1) is 6.61 Å². The molecule has 0 spiro atoms. The number of aliphatic imine (C=N–C) groups is 1. The fourth-order valence-electron chi connectivity index (χ4n) is 2.47. The van der Waals surface area contributed by atoms with Crippen LogP contribution in [0.25, 0.3) is 0 Å². The van der Waals surface area contributed by atoms with Gasteiger partial charge < -0.3 is 20.1 Å². The van der Waals surface area contributed by atoms with Gasteiger partial charge in [0.1, 0.15) is 6.61 Å². The van der Waals surface area contributed by atoms with Crippen LogP contribution in [-0.4, -0.2) is 44.4 Å². The number of nitrogens with one attached hydrogen (secondary N) is 2. The first-order valence-electron chi connectivity index (χ1n) is 7.85. The summed E-state index contributed by atoms with van der Waals surface area (Å²) < 4.78 is 10.4. The van der Waals surface area contributed by atoms with E-state index in [2.05, 4.69) is 20.6 Å². The number of methoxy groups -OCH3 is 1. The van der Waals surface area contributed by atoms with Crippen LogP contribution in [0.1, 0.15) is 31.2 Å². The molecule has 1 heterocycles. The Balaban J connectivity index is 1.75. The van der Waals surface area contributed by atoms with Gasteiger partial charge in [0.2, 0.25) is 5.88 Å². The monoisotopic (exact) mass is 306 g/mol. The second kappa shape index (κ2) is 9.25. The average Bonchev–Trinajstić information content (AvgIpc) is 3.06. The van der Waals surface area contributed by atoms with Crippen molar-refractivity contribution in [3.8, 4) is 5.88 Å². The Morgan fingerprint density at radius 2 is 2.14 bits per heavy atom. The number of nitrogens with zero attached hydrogens (tertiary/aromatic N) is 2. The number of guanidine groups is 1. The van der Waals surface area contributed by atoms with E-state index >= 15 is 0 Å². The number of ether oxygens (including phenoxy) is 2. The van der Waals surface area contributed by atoms with Gasteiger partial charge in [-0.15, -0.1) is 0 Å². The Morgan fingerprint density at radius 1 is 1.32 bits per heavy atom. The van der Waals surface area contributed by atoms with Crippen molar-refractivity contribution >= 4 is 5.96 Å². The van der Waals surface area contributed by atoms with Crippen molar-refractivity contribution in [3.63, 3.8) is 0 Å². The Morgan fingerprint density at radius 3 is 2.77 bits per heavy atom. The second-order valence-electron chi connectivity index (χ2n) is 5.40. The maximum atomic E-state index is 5.44. The molecule has 2 rings (SSSR count). The first-order chi connectivity index (χ1) is 10.8. The zero-order valence-corrected chi connectivity index (χ0v) is 13.5. The smallest absolute Gasteiger partial charge is 0.213 e. The van der Waals surface area contributed by atoms with E-state index in [1.54, 1.807) is 14.2 Å². The molecule has 0 aromatic carbocycles. The Kier molecular flexibility index (Phi) is 6.96. The lowest BCUT2D eigenvalue weighted by Gasteiger charge is -2.16. The maximum absolute atomic E-state index is 5.44. The van der Waals surface area contributed by atoms with Crippen LogP contribution in [0.2, 0.25) is 0 Å². The molecule has 0 radical (unpaired) electrons. The predicted octanol–water partition coefficient (Wildman–Crippen LogP) is 1.71. The van der Waals surface area contributed by atoms with Gasteiger partial charge >= 0.3 is 0 Å². The first-order valence-corrected chi connectivity index (χ1v) is 7.85. The van der Waals surface area contributed by atoms with Crippen molar-refractivity contribution in [1.29, 1.82) is 0 Å². The van der Waals surface area contributed by atoms with Crippen LogP contribution in [0.3, 0.4) is 0 Å². The number of aromatic nitrogens is 1. The SMILES string of the molecule is CN=C(NCc1ccc(OCCOC)nc1)NC1CCCC1. The largest absolute Gasteiger partial charge is 0.475 e. The Hall–Kier alpha value is -1.82. The quantitative estimate of drug-likeness (QED) is 0.456. The van der Waals surface area contributed by atoms with E-state index in [4.69, 9.17) is 9.47 Å². The summed E-state index contributed by atoms with van der Waals surface area (Å²) in [5.74, 6) is 1.47. The third kappa shape index (κ3) is 5.52. The summed E-state index contributed by atoms with van der Waals surface area (Å²) in [5.41, 5.74) is 1.09. The topological polar surface area (TPSA) is 67.8 Å². The highest BCUT2D eigenvalue weighted by Gasteiger charge is 2.15. The molecule has 0 unspecified atom stereocenters. The zero-order valence-electron chi connectivity index (χ0n) is 13.5. The second-order valence-corrected chi connectivity index (χ2v) is 5.40. The summed E-state index contributed by atoms with van der Waals surface area (Å²) in [4.78, 5) is 8.55. The van der Waals surface area contributed by atoms with Gasteiger partial charge in [-0.1, -0.05) is 18.9 Å². The predicted molar refractivity (Wildman–Crippen MR) is 87.2 cm³/mol. The number of pyridine rings is 1. The molecule has 0 atom stereocenters. The van der Waals surface area contributed by atoms with Crippen molar-refractivity contribution < 1.29 is 9.47 Å². The lowest BCUT2D eigenvalue weighted by molar-refractivity contribution is 0.143. The fraction of sp³-hybridized carbons (Fsp3) is 0.625. The van der Waals surface area contributed by atoms with Gasteiger partial charge in [0.25, 0.3) is 0 Å². The van der Waals surface area contributed by atoms with Gasteiger partial charge in [-0.05, 0) is 18.4 Å². The molecule has 0 bridgehead atoms. The van der Waals surface area contributed by atoms with Crippen molar-refractivity contribution in [2.24, 2.45) is 4.99 Å². The minimum atomic E-state index is 0.513. The van der Waals surface area contributed by atoms with E-state index in [9.17, 15) is 0 Å². The molecule has 0 amide bonds. The van der Waals surface area contributed by atoms with Crippen molar-refractivity contribution in [2.45, 2.75) is 38.3 Å². The van der Waals surface area contributed by atoms with Crippen LogP contribution in [0.15, 0.2) is 23.3 Å². The van der Waals surface area contributed by atoms with Gasteiger partial charge in [-0.2, -0.15) is 0 Å². The van der Waals surface area contributed by atoms with Crippen LogP contribution >= 0.6 is 0 Å². The normalized spacial score (nSPS) is 15.8. The minimum Gasteiger partial charge on any atom is -0.475 e. The lowest BCUT2D eigenvalue weighted by atomic mass is 10.2. The van der Waals surface area contributed by atoms with Crippen molar-refractivity contribution in [1.82, 2.24) is 15.6 Å². The molecule has 1 aromatic heterocycles. The summed E-state index contributed by atoms with van der Waals surface area (Å²) in [6, 6.07) is 4.44. The van der Waals surface area contributed by atoms with E-state index in [-0.39, 0.29) is 0 Å². The number of hydrogen-bond donors (Lipinski definition) is 2. The van der Waals surface area contributed by atoms with E-state index in [0.29, 0.717) is 31.7 Å². The molecule has 1 aliphatic carbocycles. The highest BCUT2D eigenvalue weighted by atomic mass is 16.5. The van der Waals surface area contributed by atoms with E-state index in [0.717, 1.165) is 11.5 Å². The molecule has 0 saturated heterocycles. The molecular weight excluding hydrogens is 280 g/mol. The van der Waals surface area contributed by atoms with Crippen LogP contribution in [0.4, 0.5) is 0 Å². The summed E-state index contributed by atoms with van der Waals surface area (Å²) in [5, 5.41) is 6.78. The molecule has 0 aliphatic heterocycles. The molecule has 1 saturated carbocycles. The molecule has 6 nitrogen and oxygen atoms in total. The van der Waals surface area contributed by atoms with E-state index < -0.39 is 0 Å². The fourth-order valence-corrected chi connectivity index (χ4v) is 2.47. The zero-order chi connectivity index (χ0) is 15.6. The van der Waals surface area contributed by atoms with E-state index in [1.807, 2.05) is 18.3 Å². The molecule has 122 valence electrons. The molecular formula is C16H26N4O2. The number of hydrogen-bond acceptors (Lipinski definition) is 4. The third-order valence-electron chi connectivity index (χ3n) is 3.71. The van der Waals surface area contributed by atoms with Crippen LogP contribution in [-0.2, 0) is 11.3 Å². The highest BCUT2D eigenvalue weighted by Crippen LogP contribution is 2.17. The van der Waals surface area contributed by atoms with Crippen LogP contribution in [0.5, 0.6) is 5.88 Å². The molecule has 1 fully saturated rings. The third-order valence-corrected chi connectivity index (χ3v) is 3.71. The first kappa shape index (κ1) is 16.5. The Labute approximate surface area is 132 Å². The van der Waals surface area contributed by atoms with Crippen molar-refractivity contribution in [2.75, 3.05) is 27.4 Å². The van der Waals surface area contributed by atoms with E-state index in [1.165, 1.54) is 25.7 Å². The molecule has 1 aromatic rings. The summed E-state index contributed by atoms with van der Waals surface area (Å²) in [6.45, 7) is 1.77. The Bertz CT molecular complexity index is 456. The van der Waals surface area contributed by atoms with Gasteiger partial charge in [0.15, 0.2) is 5.96 Å². The summed E-state index contributed by atoms with van der Waals surface area (Å²) in [6.07, 6.45) is 6.90. The molecule has 2 N–H and O–H groups in total. The summed E-state index contributed by atoms with van der Waals surface area (Å²) >= 11 is 0. The van der Waals surface area contributed by atoms with Gasteiger partial charge in [-0.3, -0.25) is 4.99 Å². The average molecular weight is 306 g/mol. The van der Waals surface area contributed by atoms with Crippen LogP contribution in [0, 0.1) is 0 Å².